The molecule has 1 saturated heterocycles. The van der Waals surface area contributed by atoms with Crippen LogP contribution in [0.25, 0.3) is 10.2 Å². The second-order valence-corrected chi connectivity index (χ2v) is 7.13. The number of fused-ring (bicyclic) bond motifs is 1. The van der Waals surface area contributed by atoms with Crippen LogP contribution in [0.5, 0.6) is 0 Å². The average Bonchev–Trinajstić information content (AvgIpc) is 3.19. The molecule has 3 aromatic rings. The molecule has 1 unspecified atom stereocenters. The molecule has 1 fully saturated rings. The minimum atomic E-state index is -1.02. The van der Waals surface area contributed by atoms with E-state index in [0.717, 1.165) is 23.5 Å². The molecule has 1 aromatic heterocycles. The number of amides is 2. The topological polar surface area (TPSA) is 62.3 Å². The Kier molecular flexibility index (Phi) is 4.31. The predicted octanol–water partition coefficient (Wildman–Crippen LogP) is 3.71. The van der Waals surface area contributed by atoms with Gasteiger partial charge in [0.2, 0.25) is 11.8 Å². The molecule has 9 heteroatoms. The van der Waals surface area contributed by atoms with E-state index in [2.05, 4.69) is 10.3 Å². The van der Waals surface area contributed by atoms with Crippen molar-refractivity contribution in [1.82, 2.24) is 4.98 Å². The van der Waals surface area contributed by atoms with E-state index < -0.39 is 29.3 Å². The molecule has 1 atom stereocenters. The Labute approximate surface area is 155 Å². The Morgan fingerprint density at radius 1 is 1.15 bits per heavy atom. The van der Waals surface area contributed by atoms with Gasteiger partial charge in [0.1, 0.15) is 5.82 Å². The Morgan fingerprint density at radius 3 is 2.67 bits per heavy atom. The van der Waals surface area contributed by atoms with Crippen LogP contribution in [0.15, 0.2) is 36.4 Å². The van der Waals surface area contributed by atoms with Crippen LogP contribution in [0.1, 0.15) is 6.42 Å². The highest BCUT2D eigenvalue weighted by molar-refractivity contribution is 7.22. The van der Waals surface area contributed by atoms with E-state index in [1.807, 2.05) is 0 Å². The number of nitrogens with one attached hydrogen (secondary N) is 1. The monoisotopic (exact) mass is 391 g/mol. The molecule has 138 valence electrons. The summed E-state index contributed by atoms with van der Waals surface area (Å²) < 4.78 is 40.9. The highest BCUT2D eigenvalue weighted by Crippen LogP contribution is 2.30. The van der Waals surface area contributed by atoms with E-state index >= 15 is 0 Å². The third-order valence-corrected chi connectivity index (χ3v) is 5.23. The Morgan fingerprint density at radius 2 is 1.89 bits per heavy atom. The van der Waals surface area contributed by atoms with Gasteiger partial charge in [-0.3, -0.25) is 9.59 Å². The van der Waals surface area contributed by atoms with Gasteiger partial charge in [-0.1, -0.05) is 23.5 Å². The highest BCUT2D eigenvalue weighted by Gasteiger charge is 2.36. The summed E-state index contributed by atoms with van der Waals surface area (Å²) >= 11 is 0.999. The lowest BCUT2D eigenvalue weighted by atomic mass is 10.1. The molecule has 0 radical (unpaired) electrons. The molecule has 4 rings (SSSR count). The van der Waals surface area contributed by atoms with Crippen LogP contribution in [-0.2, 0) is 9.59 Å². The lowest BCUT2D eigenvalue weighted by molar-refractivity contribution is -0.122. The number of benzene rings is 2. The van der Waals surface area contributed by atoms with Gasteiger partial charge in [0.05, 0.1) is 21.8 Å². The number of anilines is 2. The molecule has 0 bridgehead atoms. The van der Waals surface area contributed by atoms with Crippen LogP contribution < -0.4 is 10.2 Å². The number of rotatable bonds is 3. The van der Waals surface area contributed by atoms with E-state index in [1.165, 1.54) is 23.1 Å². The second-order valence-electron chi connectivity index (χ2n) is 6.10. The number of carbonyl (C=O) groups excluding carboxylic acids is 2. The van der Waals surface area contributed by atoms with Gasteiger partial charge in [-0.2, -0.15) is 0 Å². The van der Waals surface area contributed by atoms with Crippen molar-refractivity contribution in [3.05, 3.63) is 53.8 Å². The summed E-state index contributed by atoms with van der Waals surface area (Å²) in [7, 11) is 0. The van der Waals surface area contributed by atoms with Crippen LogP contribution in [0, 0.1) is 23.4 Å². The van der Waals surface area contributed by atoms with Gasteiger partial charge in [-0.25, -0.2) is 18.2 Å². The molecule has 5 nitrogen and oxygen atoms in total. The van der Waals surface area contributed by atoms with E-state index in [-0.39, 0.29) is 35.2 Å². The standard InChI is InChI=1S/C18H12F3N3O2S/c19-10-3-1-2-4-14(10)24-8-9(5-16(24)25)17(26)23-18-22-13-6-11(20)12(21)7-15(13)27-18/h1-4,6-7,9H,5,8H2,(H,22,23,26). The maximum Gasteiger partial charge on any atom is 0.231 e. The lowest BCUT2D eigenvalue weighted by Gasteiger charge is -2.17. The molecule has 2 aromatic carbocycles. The molecule has 0 spiro atoms. The van der Waals surface area contributed by atoms with Crippen LogP contribution in [-0.4, -0.2) is 23.3 Å². The first kappa shape index (κ1) is 17.5. The third-order valence-electron chi connectivity index (χ3n) is 4.30. The zero-order valence-corrected chi connectivity index (χ0v) is 14.5. The SMILES string of the molecule is O=C(Nc1nc2cc(F)c(F)cc2s1)C1CC(=O)N(c2ccccc2F)C1. The maximum absolute atomic E-state index is 13.9. The second kappa shape index (κ2) is 6.66. The van der Waals surface area contributed by atoms with Crippen LogP contribution in [0.3, 0.4) is 0 Å². The largest absolute Gasteiger partial charge is 0.309 e. The summed E-state index contributed by atoms with van der Waals surface area (Å²) in [5.74, 6) is -4.05. The number of carbonyl (C=O) groups is 2. The average molecular weight is 391 g/mol. The predicted molar refractivity (Wildman–Crippen MR) is 95.0 cm³/mol. The molecule has 2 amide bonds. The fraction of sp³-hybridized carbons (Fsp3) is 0.167. The minimum Gasteiger partial charge on any atom is -0.309 e. The van der Waals surface area contributed by atoms with Crippen LogP contribution >= 0.6 is 11.3 Å². The quantitative estimate of drug-likeness (QED) is 0.741. The summed E-state index contributed by atoms with van der Waals surface area (Å²) in [6.45, 7) is 0.0414. The molecule has 1 aliphatic rings. The van der Waals surface area contributed by atoms with Gasteiger partial charge in [0.15, 0.2) is 16.8 Å². The van der Waals surface area contributed by atoms with Crippen LogP contribution in [0.2, 0.25) is 0 Å². The van der Waals surface area contributed by atoms with E-state index in [0.29, 0.717) is 4.70 Å². The van der Waals surface area contributed by atoms with Gasteiger partial charge in [-0.05, 0) is 18.2 Å². The van der Waals surface area contributed by atoms with Crippen molar-refractivity contribution >= 4 is 44.2 Å². The number of hydrogen-bond donors (Lipinski definition) is 1. The first-order chi connectivity index (χ1) is 12.9. The molecular formula is C18H12F3N3O2S. The number of hydrogen-bond acceptors (Lipinski definition) is 4. The van der Waals surface area contributed by atoms with E-state index in [4.69, 9.17) is 0 Å². The highest BCUT2D eigenvalue weighted by atomic mass is 32.1. The van der Waals surface area contributed by atoms with Crippen molar-refractivity contribution < 1.29 is 22.8 Å². The summed E-state index contributed by atoms with van der Waals surface area (Å²) in [6, 6.07) is 7.81. The summed E-state index contributed by atoms with van der Waals surface area (Å²) in [5.41, 5.74) is 0.355. The number of nitrogens with zero attached hydrogens (tertiary/aromatic N) is 2. The van der Waals surface area contributed by atoms with Gasteiger partial charge in [0, 0.05) is 19.0 Å². The fourth-order valence-corrected chi connectivity index (χ4v) is 3.85. The van der Waals surface area contributed by atoms with Gasteiger partial charge >= 0.3 is 0 Å². The normalized spacial score (nSPS) is 16.9. The smallest absolute Gasteiger partial charge is 0.231 e. The van der Waals surface area contributed by atoms with Gasteiger partial charge < -0.3 is 10.2 Å². The minimum absolute atomic E-state index is 0.0414. The molecule has 0 saturated carbocycles. The van der Waals surface area contributed by atoms with Gasteiger partial charge in [-0.15, -0.1) is 0 Å². The molecule has 0 aliphatic carbocycles. The summed E-state index contributed by atoms with van der Waals surface area (Å²) in [5, 5.41) is 2.75. The molecule has 1 aliphatic heterocycles. The van der Waals surface area contributed by atoms with Gasteiger partial charge in [0.25, 0.3) is 0 Å². The van der Waals surface area contributed by atoms with Crippen molar-refractivity contribution in [2.24, 2.45) is 5.92 Å². The first-order valence-corrected chi connectivity index (χ1v) is 8.85. The van der Waals surface area contributed by atoms with Crippen molar-refractivity contribution in [2.75, 3.05) is 16.8 Å². The van der Waals surface area contributed by atoms with E-state index in [1.54, 1.807) is 6.07 Å². The Bertz CT molecular complexity index is 1030. The van der Waals surface area contributed by atoms with Crippen LogP contribution in [0.4, 0.5) is 24.0 Å². The zero-order valence-electron chi connectivity index (χ0n) is 13.7. The van der Waals surface area contributed by atoms with E-state index in [9.17, 15) is 22.8 Å². The van der Waals surface area contributed by atoms with Crippen molar-refractivity contribution in [3.63, 3.8) is 0 Å². The Hall–Kier alpha value is -2.94. The summed E-state index contributed by atoms with van der Waals surface area (Å²) in [6.07, 6.45) is -0.0612. The van der Waals surface area contributed by atoms with Crippen molar-refractivity contribution in [3.8, 4) is 0 Å². The maximum atomic E-state index is 13.9. The number of para-hydroxylation sites is 1. The third kappa shape index (κ3) is 3.25. The molecule has 1 N–H and O–H groups in total. The first-order valence-electron chi connectivity index (χ1n) is 8.03. The molecule has 27 heavy (non-hydrogen) atoms. The van der Waals surface area contributed by atoms with Crippen molar-refractivity contribution in [2.45, 2.75) is 6.42 Å². The fourth-order valence-electron chi connectivity index (χ4n) is 2.97. The lowest BCUT2D eigenvalue weighted by Crippen LogP contribution is -2.28. The zero-order chi connectivity index (χ0) is 19.1. The van der Waals surface area contributed by atoms with Crippen molar-refractivity contribution in [1.29, 1.82) is 0 Å². The molecular weight excluding hydrogens is 379 g/mol. The number of thiazole rings is 1. The Balaban J connectivity index is 1.51. The molecule has 2 heterocycles. The summed E-state index contributed by atoms with van der Waals surface area (Å²) in [4.78, 5) is 30.0. The number of halogens is 3. The number of aromatic nitrogens is 1.